The number of hydrogen-bond acceptors (Lipinski definition) is 4. The van der Waals surface area contributed by atoms with Gasteiger partial charge < -0.3 is 15.4 Å². The molecule has 0 radical (unpaired) electrons. The molecule has 0 aliphatic carbocycles. The molecule has 1 aromatic heterocycles. The summed E-state index contributed by atoms with van der Waals surface area (Å²) in [4.78, 5) is 29.0. The van der Waals surface area contributed by atoms with Gasteiger partial charge in [-0.1, -0.05) is 30.3 Å². The number of para-hydroxylation sites is 3. The molecular formula is C21H18FN3O3. The normalized spacial score (nSPS) is 10.2. The van der Waals surface area contributed by atoms with Crippen molar-refractivity contribution in [3.63, 3.8) is 0 Å². The van der Waals surface area contributed by atoms with Crippen molar-refractivity contribution in [1.29, 1.82) is 0 Å². The number of benzene rings is 2. The number of halogens is 1. The van der Waals surface area contributed by atoms with Crippen LogP contribution in [0, 0.1) is 5.82 Å². The van der Waals surface area contributed by atoms with E-state index in [0.717, 1.165) is 0 Å². The number of anilines is 2. The number of pyridine rings is 1. The second-order valence-electron chi connectivity index (χ2n) is 5.73. The molecule has 0 fully saturated rings. The largest absolute Gasteiger partial charge is 0.492 e. The smallest absolute Gasteiger partial charge is 0.274 e. The van der Waals surface area contributed by atoms with Gasteiger partial charge in [0, 0.05) is 0 Å². The number of carbonyl (C=O) groups is 2. The molecule has 1 heterocycles. The van der Waals surface area contributed by atoms with E-state index >= 15 is 0 Å². The molecular weight excluding hydrogens is 361 g/mol. The second kappa shape index (κ2) is 8.77. The summed E-state index contributed by atoms with van der Waals surface area (Å²) < 4.78 is 19.2. The number of aromatic nitrogens is 1. The third kappa shape index (κ3) is 4.50. The van der Waals surface area contributed by atoms with Crippen LogP contribution in [0.5, 0.6) is 5.75 Å². The lowest BCUT2D eigenvalue weighted by Gasteiger charge is -2.11. The van der Waals surface area contributed by atoms with Crippen molar-refractivity contribution in [3.05, 3.63) is 83.9 Å². The first kappa shape index (κ1) is 19.0. The van der Waals surface area contributed by atoms with Gasteiger partial charge in [-0.2, -0.15) is 0 Å². The first-order valence-electron chi connectivity index (χ1n) is 8.64. The van der Waals surface area contributed by atoms with Crippen molar-refractivity contribution in [2.24, 2.45) is 0 Å². The standard InChI is InChI=1S/C21H18FN3O3/c1-2-28-19-13-6-5-10-16(19)25-21(27)18-12-7-11-17(23-18)20(26)24-15-9-4-3-8-14(15)22/h3-13H,2H2,1H3,(H,24,26)(H,25,27). The quantitative estimate of drug-likeness (QED) is 0.675. The number of nitrogens with zero attached hydrogens (tertiary/aromatic N) is 1. The van der Waals surface area contributed by atoms with E-state index in [0.29, 0.717) is 18.0 Å². The van der Waals surface area contributed by atoms with Gasteiger partial charge in [0.2, 0.25) is 0 Å². The van der Waals surface area contributed by atoms with Crippen molar-refractivity contribution in [2.75, 3.05) is 17.2 Å². The minimum absolute atomic E-state index is 0.00556. The fourth-order valence-electron chi connectivity index (χ4n) is 2.47. The van der Waals surface area contributed by atoms with Crippen LogP contribution in [-0.2, 0) is 0 Å². The number of rotatable bonds is 6. The molecule has 2 amide bonds. The number of ether oxygens (including phenoxy) is 1. The molecule has 0 saturated carbocycles. The first-order valence-corrected chi connectivity index (χ1v) is 8.64. The average molecular weight is 379 g/mol. The number of nitrogens with one attached hydrogen (secondary N) is 2. The molecule has 142 valence electrons. The minimum Gasteiger partial charge on any atom is -0.492 e. The highest BCUT2D eigenvalue weighted by atomic mass is 19.1. The van der Waals surface area contributed by atoms with E-state index in [9.17, 15) is 14.0 Å². The van der Waals surface area contributed by atoms with Crippen LogP contribution in [0.15, 0.2) is 66.7 Å². The maximum atomic E-state index is 13.7. The summed E-state index contributed by atoms with van der Waals surface area (Å²) in [6.45, 7) is 2.30. The maximum Gasteiger partial charge on any atom is 0.274 e. The molecule has 28 heavy (non-hydrogen) atoms. The molecule has 0 aliphatic heterocycles. The van der Waals surface area contributed by atoms with Crippen molar-refractivity contribution in [1.82, 2.24) is 4.98 Å². The molecule has 2 N–H and O–H groups in total. The average Bonchev–Trinajstić information content (AvgIpc) is 2.71. The monoisotopic (exact) mass is 379 g/mol. The predicted octanol–water partition coefficient (Wildman–Crippen LogP) is 4.12. The predicted molar refractivity (Wildman–Crippen MR) is 104 cm³/mol. The maximum absolute atomic E-state index is 13.7. The Bertz CT molecular complexity index is 1010. The van der Waals surface area contributed by atoms with Crippen LogP contribution in [0.3, 0.4) is 0 Å². The Morgan fingerprint density at radius 3 is 2.07 bits per heavy atom. The molecule has 0 saturated heterocycles. The lowest BCUT2D eigenvalue weighted by Crippen LogP contribution is -2.19. The molecule has 0 unspecified atom stereocenters. The molecule has 0 bridgehead atoms. The Morgan fingerprint density at radius 1 is 0.857 bits per heavy atom. The SMILES string of the molecule is CCOc1ccccc1NC(=O)c1cccc(C(=O)Nc2ccccc2F)n1. The molecule has 0 spiro atoms. The minimum atomic E-state index is -0.616. The molecule has 6 nitrogen and oxygen atoms in total. The third-order valence-corrected chi connectivity index (χ3v) is 3.77. The topological polar surface area (TPSA) is 80.3 Å². The molecule has 3 rings (SSSR count). The van der Waals surface area contributed by atoms with Crippen LogP contribution in [-0.4, -0.2) is 23.4 Å². The molecule has 0 aliphatic rings. The lowest BCUT2D eigenvalue weighted by atomic mass is 10.2. The van der Waals surface area contributed by atoms with Gasteiger partial charge in [0.25, 0.3) is 11.8 Å². The van der Waals surface area contributed by atoms with Gasteiger partial charge in [-0.25, -0.2) is 9.37 Å². The van der Waals surface area contributed by atoms with E-state index in [2.05, 4.69) is 15.6 Å². The van der Waals surface area contributed by atoms with Crippen molar-refractivity contribution in [3.8, 4) is 5.75 Å². The summed E-state index contributed by atoms with van der Waals surface area (Å²) in [7, 11) is 0. The van der Waals surface area contributed by atoms with Gasteiger partial charge in [-0.3, -0.25) is 9.59 Å². The fraction of sp³-hybridized carbons (Fsp3) is 0.0952. The Kier molecular flexibility index (Phi) is 5.96. The van der Waals surface area contributed by atoms with Gasteiger partial charge >= 0.3 is 0 Å². The zero-order valence-corrected chi connectivity index (χ0v) is 15.1. The molecule has 7 heteroatoms. The van der Waals surface area contributed by atoms with E-state index in [1.807, 2.05) is 6.92 Å². The Labute approximate surface area is 161 Å². The number of hydrogen-bond donors (Lipinski definition) is 2. The first-order chi connectivity index (χ1) is 13.6. The van der Waals surface area contributed by atoms with E-state index in [1.54, 1.807) is 30.3 Å². The summed E-state index contributed by atoms with van der Waals surface area (Å²) in [5.41, 5.74) is 0.577. The fourth-order valence-corrected chi connectivity index (χ4v) is 2.47. The van der Waals surface area contributed by atoms with Crippen molar-refractivity contribution in [2.45, 2.75) is 6.92 Å². The van der Waals surface area contributed by atoms with Crippen LogP contribution in [0.2, 0.25) is 0 Å². The Morgan fingerprint density at radius 2 is 1.43 bits per heavy atom. The van der Waals surface area contributed by atoms with Crippen LogP contribution < -0.4 is 15.4 Å². The number of carbonyl (C=O) groups excluding carboxylic acids is 2. The molecule has 2 aromatic carbocycles. The van der Waals surface area contributed by atoms with Crippen LogP contribution >= 0.6 is 0 Å². The zero-order valence-electron chi connectivity index (χ0n) is 15.1. The van der Waals surface area contributed by atoms with Crippen molar-refractivity contribution >= 4 is 23.2 Å². The summed E-state index contributed by atoms with van der Waals surface area (Å²) in [5, 5.41) is 5.16. The van der Waals surface area contributed by atoms with Crippen LogP contribution in [0.4, 0.5) is 15.8 Å². The Balaban J connectivity index is 1.76. The second-order valence-corrected chi connectivity index (χ2v) is 5.73. The zero-order chi connectivity index (χ0) is 19.9. The van der Waals surface area contributed by atoms with Crippen LogP contribution in [0.1, 0.15) is 27.9 Å². The highest BCUT2D eigenvalue weighted by molar-refractivity contribution is 6.06. The van der Waals surface area contributed by atoms with Gasteiger partial charge in [0.15, 0.2) is 0 Å². The van der Waals surface area contributed by atoms with Gasteiger partial charge in [0.05, 0.1) is 18.0 Å². The lowest BCUT2D eigenvalue weighted by molar-refractivity contribution is 0.101. The van der Waals surface area contributed by atoms with Gasteiger partial charge in [0.1, 0.15) is 23.0 Å². The summed E-state index contributed by atoms with van der Waals surface area (Å²) in [5.74, 6) is -1.13. The van der Waals surface area contributed by atoms with Gasteiger partial charge in [-0.15, -0.1) is 0 Å². The van der Waals surface area contributed by atoms with E-state index in [1.165, 1.54) is 36.4 Å². The molecule has 3 aromatic rings. The molecule has 0 atom stereocenters. The summed E-state index contributed by atoms with van der Waals surface area (Å²) in [6.07, 6.45) is 0. The van der Waals surface area contributed by atoms with E-state index in [4.69, 9.17) is 4.74 Å². The van der Waals surface area contributed by atoms with Crippen LogP contribution in [0.25, 0.3) is 0 Å². The van der Waals surface area contributed by atoms with Crippen molar-refractivity contribution < 1.29 is 18.7 Å². The summed E-state index contributed by atoms with van der Waals surface area (Å²) >= 11 is 0. The highest BCUT2D eigenvalue weighted by Gasteiger charge is 2.15. The van der Waals surface area contributed by atoms with E-state index < -0.39 is 17.6 Å². The number of amides is 2. The van der Waals surface area contributed by atoms with Gasteiger partial charge in [-0.05, 0) is 43.3 Å². The Hall–Kier alpha value is -3.74. The van der Waals surface area contributed by atoms with E-state index in [-0.39, 0.29) is 17.1 Å². The summed E-state index contributed by atoms with van der Waals surface area (Å²) in [6, 6.07) is 17.3. The third-order valence-electron chi connectivity index (χ3n) is 3.77. The highest BCUT2D eigenvalue weighted by Crippen LogP contribution is 2.24.